The fraction of sp³-hybridized carbons (Fsp3) is 0.895. The van der Waals surface area contributed by atoms with Crippen molar-refractivity contribution in [1.82, 2.24) is 20.4 Å². The third-order valence-electron chi connectivity index (χ3n) is 5.15. The quantitative estimate of drug-likeness (QED) is 0.539. The molecule has 2 fully saturated rings. The number of likely N-dealkylation sites (tertiary alicyclic amines) is 1. The van der Waals surface area contributed by atoms with Crippen LogP contribution in [0.3, 0.4) is 0 Å². The van der Waals surface area contributed by atoms with Gasteiger partial charge in [-0.05, 0) is 31.1 Å². The minimum absolute atomic E-state index is 0.0277. The largest absolute Gasteiger partial charge is 0.356 e. The summed E-state index contributed by atoms with van der Waals surface area (Å²) >= 11 is 0. The van der Waals surface area contributed by atoms with Gasteiger partial charge in [0.1, 0.15) is 6.54 Å². The number of guanidine groups is 1. The van der Waals surface area contributed by atoms with E-state index in [1.807, 2.05) is 0 Å². The number of amides is 1. The van der Waals surface area contributed by atoms with Crippen LogP contribution in [0.15, 0.2) is 4.99 Å². The van der Waals surface area contributed by atoms with Gasteiger partial charge in [-0.1, -0.05) is 26.7 Å². The number of carbonyl (C=O) groups is 1. The van der Waals surface area contributed by atoms with Crippen LogP contribution in [-0.2, 0) is 4.79 Å². The molecule has 25 heavy (non-hydrogen) atoms. The van der Waals surface area contributed by atoms with Crippen LogP contribution in [0, 0.1) is 11.8 Å². The minimum atomic E-state index is 0.0277. The van der Waals surface area contributed by atoms with E-state index in [1.54, 1.807) is 19.0 Å². The molecule has 1 unspecified atom stereocenters. The number of rotatable bonds is 7. The van der Waals surface area contributed by atoms with Crippen molar-refractivity contribution in [2.75, 3.05) is 46.8 Å². The van der Waals surface area contributed by atoms with Crippen molar-refractivity contribution in [3.63, 3.8) is 0 Å². The maximum atomic E-state index is 11.8. The predicted molar refractivity (Wildman–Crippen MR) is 104 cm³/mol. The highest BCUT2D eigenvalue weighted by molar-refractivity contribution is 5.84. The molecule has 0 aromatic carbocycles. The van der Waals surface area contributed by atoms with Crippen molar-refractivity contribution >= 4 is 11.9 Å². The van der Waals surface area contributed by atoms with Crippen LogP contribution in [0.2, 0.25) is 0 Å². The summed E-state index contributed by atoms with van der Waals surface area (Å²) in [6.07, 6.45) is 6.79. The van der Waals surface area contributed by atoms with Crippen molar-refractivity contribution in [3.8, 4) is 0 Å². The van der Waals surface area contributed by atoms with E-state index < -0.39 is 0 Å². The summed E-state index contributed by atoms with van der Waals surface area (Å²) in [7, 11) is 3.54. The maximum Gasteiger partial charge on any atom is 0.243 e. The highest BCUT2D eigenvalue weighted by Crippen LogP contribution is 2.26. The topological polar surface area (TPSA) is 60.0 Å². The van der Waals surface area contributed by atoms with Gasteiger partial charge >= 0.3 is 0 Å². The predicted octanol–water partition coefficient (Wildman–Crippen LogP) is 1.53. The van der Waals surface area contributed by atoms with Gasteiger partial charge in [-0.2, -0.15) is 0 Å². The molecule has 1 aliphatic heterocycles. The van der Waals surface area contributed by atoms with E-state index in [2.05, 4.69) is 34.4 Å². The zero-order chi connectivity index (χ0) is 18.2. The van der Waals surface area contributed by atoms with Gasteiger partial charge in [-0.25, -0.2) is 4.99 Å². The summed E-state index contributed by atoms with van der Waals surface area (Å²) in [6.45, 7) is 8.91. The molecule has 0 radical (unpaired) electrons. The third kappa shape index (κ3) is 7.22. The first-order valence-electron chi connectivity index (χ1n) is 9.91. The van der Waals surface area contributed by atoms with Gasteiger partial charge in [0.15, 0.2) is 5.96 Å². The molecule has 2 N–H and O–H groups in total. The zero-order valence-corrected chi connectivity index (χ0v) is 16.6. The number of hydrogen-bond donors (Lipinski definition) is 2. The van der Waals surface area contributed by atoms with Gasteiger partial charge < -0.3 is 20.4 Å². The van der Waals surface area contributed by atoms with Crippen LogP contribution in [0.25, 0.3) is 0 Å². The summed E-state index contributed by atoms with van der Waals surface area (Å²) in [5.41, 5.74) is 0. The van der Waals surface area contributed by atoms with Gasteiger partial charge in [-0.3, -0.25) is 4.79 Å². The maximum absolute atomic E-state index is 11.8. The second-order valence-corrected chi connectivity index (χ2v) is 8.27. The van der Waals surface area contributed by atoms with Gasteiger partial charge in [-0.15, -0.1) is 0 Å². The van der Waals surface area contributed by atoms with Crippen molar-refractivity contribution < 1.29 is 4.79 Å². The van der Waals surface area contributed by atoms with Crippen molar-refractivity contribution in [2.24, 2.45) is 16.8 Å². The summed E-state index contributed by atoms with van der Waals surface area (Å²) < 4.78 is 0. The summed E-state index contributed by atoms with van der Waals surface area (Å²) in [6, 6.07) is 0.425. The number of nitrogens with one attached hydrogen (secondary N) is 2. The van der Waals surface area contributed by atoms with Crippen LogP contribution in [0.5, 0.6) is 0 Å². The molecular weight excluding hydrogens is 314 g/mol. The van der Waals surface area contributed by atoms with E-state index in [-0.39, 0.29) is 12.5 Å². The van der Waals surface area contributed by atoms with Crippen molar-refractivity contribution in [2.45, 2.75) is 52.0 Å². The molecule has 1 saturated carbocycles. The Kier molecular flexibility index (Phi) is 8.00. The monoisotopic (exact) mass is 351 g/mol. The van der Waals surface area contributed by atoms with Crippen molar-refractivity contribution in [1.29, 1.82) is 0 Å². The van der Waals surface area contributed by atoms with Crippen LogP contribution in [0.1, 0.15) is 46.0 Å². The third-order valence-corrected chi connectivity index (χ3v) is 5.15. The van der Waals surface area contributed by atoms with Crippen molar-refractivity contribution in [3.05, 3.63) is 0 Å². The Bertz CT molecular complexity index is 443. The molecule has 0 aromatic rings. The van der Waals surface area contributed by atoms with Gasteiger partial charge in [0.2, 0.25) is 5.91 Å². The summed E-state index contributed by atoms with van der Waals surface area (Å²) in [4.78, 5) is 20.5. The molecule has 0 spiro atoms. The average Bonchev–Trinajstić information content (AvgIpc) is 3.22. The first-order valence-corrected chi connectivity index (χ1v) is 9.91. The molecule has 144 valence electrons. The lowest BCUT2D eigenvalue weighted by molar-refractivity contribution is -0.127. The highest BCUT2D eigenvalue weighted by atomic mass is 16.2. The van der Waals surface area contributed by atoms with E-state index in [9.17, 15) is 4.79 Å². The molecule has 6 heteroatoms. The first kappa shape index (κ1) is 20.0. The summed E-state index contributed by atoms with van der Waals surface area (Å²) in [5, 5.41) is 6.92. The van der Waals surface area contributed by atoms with E-state index in [1.165, 1.54) is 38.8 Å². The zero-order valence-electron chi connectivity index (χ0n) is 16.6. The average molecular weight is 352 g/mol. The Morgan fingerprint density at radius 1 is 1.24 bits per heavy atom. The van der Waals surface area contributed by atoms with Gasteiger partial charge in [0, 0.05) is 46.3 Å². The van der Waals surface area contributed by atoms with E-state index in [4.69, 9.17) is 0 Å². The molecule has 1 aliphatic carbocycles. The fourth-order valence-electron chi connectivity index (χ4n) is 3.61. The Labute approximate surface area is 153 Å². The number of nitrogens with zero attached hydrogens (tertiary/aromatic N) is 3. The lowest BCUT2D eigenvalue weighted by Crippen LogP contribution is -2.46. The van der Waals surface area contributed by atoms with Crippen LogP contribution >= 0.6 is 0 Å². The van der Waals surface area contributed by atoms with E-state index >= 15 is 0 Å². The molecule has 2 aliphatic rings. The van der Waals surface area contributed by atoms with E-state index in [0.717, 1.165) is 31.4 Å². The molecule has 1 atom stereocenters. The lowest BCUT2D eigenvalue weighted by atomic mass is 10.1. The molecule has 2 rings (SSSR count). The van der Waals surface area contributed by atoms with Gasteiger partial charge in [0.25, 0.3) is 0 Å². The van der Waals surface area contributed by atoms with Crippen LogP contribution < -0.4 is 10.6 Å². The Hall–Kier alpha value is -1.30. The normalized spacial score (nSPS) is 22.6. The Balaban J connectivity index is 1.82. The fourth-order valence-corrected chi connectivity index (χ4v) is 3.61. The molecule has 6 nitrogen and oxygen atoms in total. The number of hydrogen-bond acceptors (Lipinski definition) is 3. The Morgan fingerprint density at radius 3 is 2.60 bits per heavy atom. The SMILES string of the molecule is CC(C)CNC(=NCC(=O)N(C)C)NC1CCN(CC2CCCC2)C1. The highest BCUT2D eigenvalue weighted by Gasteiger charge is 2.26. The van der Waals surface area contributed by atoms with Crippen LogP contribution in [-0.4, -0.2) is 74.5 Å². The first-order chi connectivity index (χ1) is 11.9. The smallest absolute Gasteiger partial charge is 0.243 e. The minimum Gasteiger partial charge on any atom is -0.356 e. The molecule has 0 bridgehead atoms. The molecule has 1 amide bonds. The molecule has 0 aromatic heterocycles. The lowest BCUT2D eigenvalue weighted by Gasteiger charge is -2.22. The second kappa shape index (κ2) is 10.00. The number of likely N-dealkylation sites (N-methyl/N-ethyl adjacent to an activating group) is 1. The number of aliphatic imine (C=N–C) groups is 1. The molecule has 1 saturated heterocycles. The number of carbonyl (C=O) groups excluding carboxylic acids is 1. The standard InChI is InChI=1S/C19H37N5O/c1-15(2)11-20-19(21-12-18(25)23(3)4)22-17-9-10-24(14-17)13-16-7-5-6-8-16/h15-17H,5-14H2,1-4H3,(H2,20,21,22). The molecular formula is C19H37N5O. The summed E-state index contributed by atoms with van der Waals surface area (Å²) in [5.74, 6) is 2.25. The molecule has 1 heterocycles. The van der Waals surface area contributed by atoms with Crippen LogP contribution in [0.4, 0.5) is 0 Å². The second-order valence-electron chi connectivity index (χ2n) is 8.27. The Morgan fingerprint density at radius 2 is 1.96 bits per heavy atom. The van der Waals surface area contributed by atoms with Gasteiger partial charge in [0.05, 0.1) is 0 Å². The van der Waals surface area contributed by atoms with E-state index in [0.29, 0.717) is 12.0 Å².